The van der Waals surface area contributed by atoms with Gasteiger partial charge in [0.15, 0.2) is 6.04 Å². The van der Waals surface area contributed by atoms with Crippen LogP contribution in [0.4, 0.5) is 0 Å². The molecule has 0 saturated carbocycles. The fraction of sp³-hybridized carbons (Fsp3) is 0.265. The number of benzene rings is 3. The first kappa shape index (κ1) is 31.0. The Morgan fingerprint density at radius 2 is 1.59 bits per heavy atom. The molecule has 0 bridgehead atoms. The molecule has 0 aliphatic heterocycles. The molecule has 3 rings (SSSR count). The van der Waals surface area contributed by atoms with Gasteiger partial charge in [-0.2, -0.15) is 0 Å². The standard InChI is InChI=1S/C34H37NO6/c1-24(2)14-18-29-22-27(15-19-30(29)41-32(38)21-17-26-10-6-4-7-11-26)16-20-31(37)35-33(25(3)36)34(39)40-23-28-12-8-5-9-13-28/h4-16,19-20,22,25,33,36H,17-18,21,23H2,1-3H3,(H,35,37)/b20-16+/t25-,33+/m1/s1. The summed E-state index contributed by atoms with van der Waals surface area (Å²) in [5, 5.41) is 12.6. The third-order valence-corrected chi connectivity index (χ3v) is 6.18. The van der Waals surface area contributed by atoms with Crippen molar-refractivity contribution in [2.75, 3.05) is 0 Å². The second-order valence-electron chi connectivity index (χ2n) is 9.97. The van der Waals surface area contributed by atoms with E-state index in [1.807, 2.05) is 86.7 Å². The topological polar surface area (TPSA) is 102 Å². The van der Waals surface area contributed by atoms with Crippen molar-refractivity contribution in [3.63, 3.8) is 0 Å². The van der Waals surface area contributed by atoms with Crippen molar-refractivity contribution in [2.24, 2.45) is 0 Å². The van der Waals surface area contributed by atoms with Crippen LogP contribution in [0, 0.1) is 0 Å². The number of ether oxygens (including phenoxy) is 2. The quantitative estimate of drug-likeness (QED) is 0.128. The Labute approximate surface area is 241 Å². The molecule has 0 aliphatic rings. The lowest BCUT2D eigenvalue weighted by Crippen LogP contribution is -2.48. The second-order valence-corrected chi connectivity index (χ2v) is 9.97. The van der Waals surface area contributed by atoms with E-state index in [1.54, 1.807) is 18.2 Å². The van der Waals surface area contributed by atoms with E-state index in [-0.39, 0.29) is 19.0 Å². The molecule has 0 heterocycles. The smallest absolute Gasteiger partial charge is 0.331 e. The van der Waals surface area contributed by atoms with Gasteiger partial charge in [0.2, 0.25) is 5.91 Å². The predicted octanol–water partition coefficient (Wildman–Crippen LogP) is 5.36. The van der Waals surface area contributed by atoms with Crippen LogP contribution in [0.3, 0.4) is 0 Å². The number of rotatable bonds is 13. The zero-order chi connectivity index (χ0) is 29.6. The minimum absolute atomic E-state index is 0.0340. The van der Waals surface area contributed by atoms with Gasteiger partial charge in [0.05, 0.1) is 6.10 Å². The maximum absolute atomic E-state index is 12.6. The number of carbonyl (C=O) groups is 3. The highest BCUT2D eigenvalue weighted by Gasteiger charge is 2.26. The molecule has 0 spiro atoms. The first-order chi connectivity index (χ1) is 19.7. The number of hydrogen-bond donors (Lipinski definition) is 2. The zero-order valence-electron chi connectivity index (χ0n) is 23.7. The Balaban J connectivity index is 1.64. The molecule has 0 saturated heterocycles. The van der Waals surface area contributed by atoms with Crippen molar-refractivity contribution in [1.82, 2.24) is 5.32 Å². The number of aryl methyl sites for hydroxylation is 1. The molecule has 0 radical (unpaired) electrons. The monoisotopic (exact) mass is 555 g/mol. The maximum atomic E-state index is 12.6. The van der Waals surface area contributed by atoms with E-state index in [4.69, 9.17) is 9.47 Å². The van der Waals surface area contributed by atoms with Gasteiger partial charge >= 0.3 is 11.9 Å². The summed E-state index contributed by atoms with van der Waals surface area (Å²) in [6.45, 7) is 5.42. The highest BCUT2D eigenvalue weighted by Crippen LogP contribution is 2.23. The average molecular weight is 556 g/mol. The summed E-state index contributed by atoms with van der Waals surface area (Å²) < 4.78 is 11.0. The van der Waals surface area contributed by atoms with Crippen molar-refractivity contribution in [3.8, 4) is 5.75 Å². The van der Waals surface area contributed by atoms with Crippen LogP contribution >= 0.6 is 0 Å². The minimum atomic E-state index is -1.22. The van der Waals surface area contributed by atoms with Crippen molar-refractivity contribution in [3.05, 3.63) is 119 Å². The number of aliphatic hydroxyl groups excluding tert-OH is 1. The minimum Gasteiger partial charge on any atom is -0.459 e. The third-order valence-electron chi connectivity index (χ3n) is 6.18. The molecular formula is C34H37NO6. The van der Waals surface area contributed by atoms with Crippen LogP contribution in [-0.2, 0) is 38.6 Å². The van der Waals surface area contributed by atoms with Crippen LogP contribution in [-0.4, -0.2) is 35.1 Å². The molecule has 7 nitrogen and oxygen atoms in total. The molecule has 2 atom stereocenters. The zero-order valence-corrected chi connectivity index (χ0v) is 23.7. The molecule has 41 heavy (non-hydrogen) atoms. The lowest BCUT2D eigenvalue weighted by Gasteiger charge is -2.19. The van der Waals surface area contributed by atoms with Crippen LogP contribution in [0.2, 0.25) is 0 Å². The van der Waals surface area contributed by atoms with Crippen molar-refractivity contribution in [2.45, 2.75) is 58.8 Å². The third kappa shape index (κ3) is 10.9. The number of nitrogens with one attached hydrogen (secondary N) is 1. The molecule has 0 aromatic heterocycles. The molecular weight excluding hydrogens is 518 g/mol. The van der Waals surface area contributed by atoms with Gasteiger partial charge in [-0.1, -0.05) is 78.4 Å². The Morgan fingerprint density at radius 1 is 0.927 bits per heavy atom. The van der Waals surface area contributed by atoms with E-state index < -0.39 is 24.0 Å². The highest BCUT2D eigenvalue weighted by atomic mass is 16.5. The number of carbonyl (C=O) groups excluding carboxylic acids is 3. The summed E-state index contributed by atoms with van der Waals surface area (Å²) in [4.78, 5) is 37.7. The summed E-state index contributed by atoms with van der Waals surface area (Å²) in [6, 6.07) is 23.0. The van der Waals surface area contributed by atoms with E-state index >= 15 is 0 Å². The molecule has 7 heteroatoms. The fourth-order valence-corrected chi connectivity index (χ4v) is 3.91. The predicted molar refractivity (Wildman–Crippen MR) is 159 cm³/mol. The van der Waals surface area contributed by atoms with E-state index in [1.165, 1.54) is 13.0 Å². The van der Waals surface area contributed by atoms with Crippen molar-refractivity contribution in [1.29, 1.82) is 0 Å². The molecule has 3 aromatic rings. The summed E-state index contributed by atoms with van der Waals surface area (Å²) in [7, 11) is 0. The summed E-state index contributed by atoms with van der Waals surface area (Å²) in [5.41, 5.74) is 4.49. The second kappa shape index (κ2) is 15.9. The number of hydrogen-bond acceptors (Lipinski definition) is 6. The van der Waals surface area contributed by atoms with Crippen LogP contribution in [0.15, 0.2) is 96.6 Å². The van der Waals surface area contributed by atoms with Gasteiger partial charge in [0, 0.05) is 12.5 Å². The van der Waals surface area contributed by atoms with Crippen LogP contribution in [0.1, 0.15) is 49.4 Å². The van der Waals surface area contributed by atoms with Gasteiger partial charge < -0.3 is 19.9 Å². The average Bonchev–Trinajstić information content (AvgIpc) is 2.97. The Bertz CT molecular complexity index is 1360. The Hall–Kier alpha value is -4.49. The van der Waals surface area contributed by atoms with Gasteiger partial charge in [0.1, 0.15) is 12.4 Å². The van der Waals surface area contributed by atoms with Crippen molar-refractivity contribution < 1.29 is 29.0 Å². The Morgan fingerprint density at radius 3 is 2.22 bits per heavy atom. The molecule has 2 N–H and O–H groups in total. The summed E-state index contributed by atoms with van der Waals surface area (Å²) in [5.74, 6) is -1.14. The van der Waals surface area contributed by atoms with Gasteiger partial charge in [-0.3, -0.25) is 9.59 Å². The van der Waals surface area contributed by atoms with Crippen molar-refractivity contribution >= 4 is 23.9 Å². The Kier molecular flexibility index (Phi) is 12.1. The normalized spacial score (nSPS) is 12.3. The van der Waals surface area contributed by atoms with Gasteiger partial charge in [0.25, 0.3) is 0 Å². The fourth-order valence-electron chi connectivity index (χ4n) is 3.91. The summed E-state index contributed by atoms with van der Waals surface area (Å²) in [6.07, 6.45) is 5.16. The van der Waals surface area contributed by atoms with Crippen LogP contribution < -0.4 is 10.1 Å². The molecule has 214 valence electrons. The molecule has 1 amide bonds. The maximum Gasteiger partial charge on any atom is 0.331 e. The van der Waals surface area contributed by atoms with Gasteiger partial charge in [-0.25, -0.2) is 4.79 Å². The molecule has 0 fully saturated rings. The number of amides is 1. The lowest BCUT2D eigenvalue weighted by molar-refractivity contribution is -0.151. The van der Waals surface area contributed by atoms with Gasteiger partial charge in [-0.15, -0.1) is 0 Å². The molecule has 0 aliphatic carbocycles. The van der Waals surface area contributed by atoms with E-state index in [0.717, 1.165) is 22.3 Å². The van der Waals surface area contributed by atoms with Crippen LogP contribution in [0.5, 0.6) is 5.75 Å². The summed E-state index contributed by atoms with van der Waals surface area (Å²) >= 11 is 0. The lowest BCUT2D eigenvalue weighted by atomic mass is 10.0. The molecule has 3 aromatic carbocycles. The first-order valence-corrected chi connectivity index (χ1v) is 13.6. The van der Waals surface area contributed by atoms with E-state index in [0.29, 0.717) is 24.2 Å². The SMILES string of the molecule is CC(C)=CCc1cc(/C=C/C(=O)N[C@H](C(=O)OCc2ccccc2)[C@@H](C)O)ccc1OC(=O)CCc1ccccc1. The highest BCUT2D eigenvalue weighted by molar-refractivity contribution is 5.94. The van der Waals surface area contributed by atoms with E-state index in [2.05, 4.69) is 5.32 Å². The number of allylic oxidation sites excluding steroid dienone is 2. The largest absolute Gasteiger partial charge is 0.459 e. The van der Waals surface area contributed by atoms with Gasteiger partial charge in [-0.05, 0) is 74.1 Å². The van der Waals surface area contributed by atoms with Crippen LogP contribution in [0.25, 0.3) is 6.08 Å². The van der Waals surface area contributed by atoms with E-state index in [9.17, 15) is 19.5 Å². The number of esters is 2. The number of aliphatic hydroxyl groups is 1. The molecule has 0 unspecified atom stereocenters. The first-order valence-electron chi connectivity index (χ1n) is 13.6.